The minimum absolute atomic E-state index is 0.232. The third-order valence-corrected chi connectivity index (χ3v) is 9.39. The minimum Gasteiger partial charge on any atom is -0.494 e. The fourth-order valence-corrected chi connectivity index (χ4v) is 6.56. The van der Waals surface area contributed by atoms with Crippen molar-refractivity contribution in [2.45, 2.75) is 70.7 Å². The maximum absolute atomic E-state index is 12.9. The normalized spacial score (nSPS) is 19.6. The van der Waals surface area contributed by atoms with Gasteiger partial charge in [-0.05, 0) is 106 Å². The van der Waals surface area contributed by atoms with E-state index in [0.717, 1.165) is 76.8 Å². The third-order valence-electron chi connectivity index (χ3n) is 8.08. The molecule has 2 unspecified atom stereocenters. The third kappa shape index (κ3) is 6.45. The number of rotatable bonds is 9. The van der Waals surface area contributed by atoms with Crippen LogP contribution in [0.15, 0.2) is 48.5 Å². The Morgan fingerprint density at radius 2 is 1.81 bits per heavy atom. The van der Waals surface area contributed by atoms with Gasteiger partial charge in [0.25, 0.3) is 5.24 Å². The van der Waals surface area contributed by atoms with E-state index >= 15 is 0 Å². The molecule has 0 saturated carbocycles. The lowest BCUT2D eigenvalue weighted by Gasteiger charge is -2.38. The highest BCUT2D eigenvalue weighted by Gasteiger charge is 2.35. The smallest absolute Gasteiger partial charge is 0.345 e. The topological polar surface area (TPSA) is 90.9 Å². The fourth-order valence-electron chi connectivity index (χ4n) is 5.48. The lowest BCUT2D eigenvalue weighted by Crippen LogP contribution is -2.37. The van der Waals surface area contributed by atoms with E-state index in [0.29, 0.717) is 29.4 Å². The lowest BCUT2D eigenvalue weighted by molar-refractivity contribution is -0.118. The number of nitrogens with one attached hydrogen (secondary N) is 1. The van der Waals surface area contributed by atoms with Crippen LogP contribution in [-0.2, 0) is 17.6 Å². The molecule has 0 aromatic heterocycles. The molecule has 2 aliphatic heterocycles. The van der Waals surface area contributed by atoms with Gasteiger partial charge in [0.2, 0.25) is 5.91 Å². The van der Waals surface area contributed by atoms with Gasteiger partial charge in [0, 0.05) is 5.56 Å². The summed E-state index contributed by atoms with van der Waals surface area (Å²) < 4.78 is 18.5. The first-order valence-electron chi connectivity index (χ1n) is 14.1. The molecule has 2 atom stereocenters. The van der Waals surface area contributed by atoms with E-state index < -0.39 is 5.97 Å². The van der Waals surface area contributed by atoms with Gasteiger partial charge in [0.15, 0.2) is 0 Å². The molecule has 0 radical (unpaired) electrons. The summed E-state index contributed by atoms with van der Waals surface area (Å²) in [5.74, 6) is 1.51. The predicted octanol–water partition coefficient (Wildman–Crippen LogP) is 7.32. The lowest BCUT2D eigenvalue weighted by atomic mass is 9.85. The number of esters is 1. The minimum atomic E-state index is -0.473. The first-order chi connectivity index (χ1) is 20.0. The second-order valence-electron chi connectivity index (χ2n) is 11.1. The molecule has 42 heavy (non-hydrogen) atoms. The van der Waals surface area contributed by atoms with Gasteiger partial charge in [-0.25, -0.2) is 4.79 Å². The van der Waals surface area contributed by atoms with Crippen molar-refractivity contribution in [3.8, 4) is 17.2 Å². The summed E-state index contributed by atoms with van der Waals surface area (Å²) >= 11 is 7.26. The zero-order valence-electron chi connectivity index (χ0n) is 24.2. The molecule has 2 amide bonds. The van der Waals surface area contributed by atoms with E-state index in [1.165, 1.54) is 0 Å². The summed E-state index contributed by atoms with van der Waals surface area (Å²) in [6.07, 6.45) is 3.81. The van der Waals surface area contributed by atoms with Crippen LogP contribution < -0.4 is 19.5 Å². The second-order valence-corrected chi connectivity index (χ2v) is 12.7. The summed E-state index contributed by atoms with van der Waals surface area (Å²) in [4.78, 5) is 36.1. The first-order valence-corrected chi connectivity index (χ1v) is 15.3. The van der Waals surface area contributed by atoms with E-state index in [1.54, 1.807) is 24.3 Å². The monoisotopic (exact) mass is 607 g/mol. The van der Waals surface area contributed by atoms with Gasteiger partial charge in [-0.2, -0.15) is 0 Å². The van der Waals surface area contributed by atoms with E-state index in [2.05, 4.69) is 12.2 Å². The van der Waals surface area contributed by atoms with Crippen LogP contribution in [0.4, 0.5) is 4.79 Å². The molecule has 1 fully saturated rings. The van der Waals surface area contributed by atoms with Crippen LogP contribution >= 0.6 is 23.4 Å². The van der Waals surface area contributed by atoms with Crippen LogP contribution in [0.5, 0.6) is 17.2 Å². The molecule has 2 aliphatic rings. The van der Waals surface area contributed by atoms with E-state index in [1.807, 2.05) is 45.0 Å². The fraction of sp³-hybridized carbons (Fsp3) is 0.364. The highest BCUT2D eigenvalue weighted by molar-refractivity contribution is 8.15. The molecule has 2 heterocycles. The Balaban J connectivity index is 1.17. The molecule has 7 nitrogen and oxygen atoms in total. The van der Waals surface area contributed by atoms with E-state index in [9.17, 15) is 14.4 Å². The number of imide groups is 1. The number of thioether (sulfide) groups is 1. The summed E-state index contributed by atoms with van der Waals surface area (Å²) in [6.45, 7) is 8.63. The SMILES string of the molecule is Cc1c(C)c2c(c(C)c1OC(=O)c1ccccc1Cl)CCC(C)(CCCOc1ccc(CC3SC(=O)NC3=O)cc1)O2. The van der Waals surface area contributed by atoms with Crippen LogP contribution in [-0.4, -0.2) is 34.6 Å². The first kappa shape index (κ1) is 30.0. The Labute approximate surface area is 255 Å². The maximum Gasteiger partial charge on any atom is 0.345 e. The molecular formula is C33H34ClNO6S. The molecule has 220 valence electrons. The molecule has 0 spiro atoms. The zero-order chi connectivity index (χ0) is 30.0. The molecule has 1 N–H and O–H groups in total. The van der Waals surface area contributed by atoms with Crippen molar-refractivity contribution >= 4 is 40.5 Å². The summed E-state index contributed by atoms with van der Waals surface area (Å²) in [5, 5.41) is 2.02. The Bertz CT molecular complexity index is 1540. The highest BCUT2D eigenvalue weighted by Crippen LogP contribution is 2.45. The van der Waals surface area contributed by atoms with Crippen molar-refractivity contribution in [3.63, 3.8) is 0 Å². The van der Waals surface area contributed by atoms with Gasteiger partial charge in [-0.15, -0.1) is 0 Å². The highest BCUT2D eigenvalue weighted by atomic mass is 35.5. The summed E-state index contributed by atoms with van der Waals surface area (Å²) in [7, 11) is 0. The van der Waals surface area contributed by atoms with Crippen LogP contribution in [0.2, 0.25) is 5.02 Å². The van der Waals surface area contributed by atoms with Gasteiger partial charge >= 0.3 is 5.97 Å². The molecular weight excluding hydrogens is 574 g/mol. The van der Waals surface area contributed by atoms with Crippen molar-refractivity contribution in [1.29, 1.82) is 0 Å². The van der Waals surface area contributed by atoms with Gasteiger partial charge < -0.3 is 14.2 Å². The van der Waals surface area contributed by atoms with Crippen molar-refractivity contribution in [1.82, 2.24) is 5.32 Å². The number of halogens is 1. The molecule has 1 saturated heterocycles. The molecule has 0 aliphatic carbocycles. The summed E-state index contributed by atoms with van der Waals surface area (Å²) in [6, 6.07) is 14.5. The van der Waals surface area contributed by atoms with Crippen LogP contribution in [0.1, 0.15) is 64.4 Å². The average Bonchev–Trinajstić information content (AvgIpc) is 3.29. The molecule has 9 heteroatoms. The van der Waals surface area contributed by atoms with Crippen molar-refractivity contribution in [2.75, 3.05) is 6.61 Å². The van der Waals surface area contributed by atoms with Crippen molar-refractivity contribution in [2.24, 2.45) is 0 Å². The van der Waals surface area contributed by atoms with E-state index in [-0.39, 0.29) is 22.0 Å². The van der Waals surface area contributed by atoms with Crippen LogP contribution in [0.3, 0.4) is 0 Å². The van der Waals surface area contributed by atoms with Crippen molar-refractivity contribution < 1.29 is 28.6 Å². The Morgan fingerprint density at radius 3 is 2.50 bits per heavy atom. The number of hydrogen-bond donors (Lipinski definition) is 1. The number of fused-ring (bicyclic) bond motifs is 1. The Kier molecular flexibility index (Phi) is 8.85. The number of amides is 2. The van der Waals surface area contributed by atoms with Gasteiger partial charge in [0.1, 0.15) is 22.8 Å². The van der Waals surface area contributed by atoms with Crippen molar-refractivity contribution in [3.05, 3.63) is 86.9 Å². The average molecular weight is 608 g/mol. The maximum atomic E-state index is 12.9. The number of hydrogen-bond acceptors (Lipinski definition) is 7. The quantitative estimate of drug-likeness (QED) is 0.155. The Morgan fingerprint density at radius 1 is 1.07 bits per heavy atom. The largest absolute Gasteiger partial charge is 0.494 e. The number of carbonyl (C=O) groups excluding carboxylic acids is 3. The standard InChI is InChI=1S/C33H34ClNO6S/c1-19-20(2)29-24(21(3)28(19)40-31(37)25-8-5-6-9-26(25)34)14-16-33(4,41-29)15-7-17-39-23-12-10-22(11-13-23)18-27-30(36)35-32(38)42-27/h5-6,8-13,27H,7,14-18H2,1-4H3,(H,35,36,38). The molecule has 3 aromatic rings. The number of ether oxygens (including phenoxy) is 3. The number of benzene rings is 3. The molecule has 0 bridgehead atoms. The van der Waals surface area contributed by atoms with Crippen LogP contribution in [0.25, 0.3) is 0 Å². The molecule has 5 rings (SSSR count). The Hall–Kier alpha value is -3.49. The number of carbonyl (C=O) groups is 3. The van der Waals surface area contributed by atoms with E-state index in [4.69, 9.17) is 25.8 Å². The second kappa shape index (κ2) is 12.4. The predicted molar refractivity (Wildman–Crippen MR) is 164 cm³/mol. The van der Waals surface area contributed by atoms with Gasteiger partial charge in [-0.1, -0.05) is 47.6 Å². The van der Waals surface area contributed by atoms with Gasteiger partial charge in [0.05, 0.1) is 22.4 Å². The summed E-state index contributed by atoms with van der Waals surface area (Å²) in [5.41, 5.74) is 4.82. The zero-order valence-corrected chi connectivity index (χ0v) is 25.7. The van der Waals surface area contributed by atoms with Gasteiger partial charge in [-0.3, -0.25) is 14.9 Å². The van der Waals surface area contributed by atoms with Crippen LogP contribution in [0, 0.1) is 20.8 Å². The molecule has 3 aromatic carbocycles.